The van der Waals surface area contributed by atoms with E-state index in [9.17, 15) is 0 Å². The van der Waals surface area contributed by atoms with Crippen LogP contribution >= 0.6 is 0 Å². The van der Waals surface area contributed by atoms with Crippen LogP contribution < -0.4 is 5.73 Å². The number of rotatable bonds is 3. The summed E-state index contributed by atoms with van der Waals surface area (Å²) in [7, 11) is 0. The summed E-state index contributed by atoms with van der Waals surface area (Å²) >= 11 is 0. The van der Waals surface area contributed by atoms with Crippen molar-refractivity contribution in [2.75, 3.05) is 13.1 Å². The number of likely N-dealkylation sites (tertiary alicyclic amines) is 1. The maximum atomic E-state index is 6.10. The molecule has 2 N–H and O–H groups in total. The lowest BCUT2D eigenvalue weighted by Crippen LogP contribution is -2.43. The highest BCUT2D eigenvalue weighted by Gasteiger charge is 2.22. The Labute approximate surface area is 127 Å². The van der Waals surface area contributed by atoms with Crippen molar-refractivity contribution in [1.29, 1.82) is 0 Å². The zero-order valence-corrected chi connectivity index (χ0v) is 12.7. The van der Waals surface area contributed by atoms with Gasteiger partial charge in [0.1, 0.15) is 0 Å². The molecule has 0 amide bonds. The summed E-state index contributed by atoms with van der Waals surface area (Å²) in [5, 5.41) is 0. The molecule has 0 radical (unpaired) electrons. The molecule has 3 rings (SSSR count). The molecule has 0 spiro atoms. The monoisotopic (exact) mass is 280 g/mol. The summed E-state index contributed by atoms with van der Waals surface area (Å²) in [4.78, 5) is 2.51. The molecule has 1 aliphatic heterocycles. The maximum absolute atomic E-state index is 6.10. The van der Waals surface area contributed by atoms with Crippen molar-refractivity contribution in [3.05, 3.63) is 60.2 Å². The van der Waals surface area contributed by atoms with Crippen molar-refractivity contribution in [3.8, 4) is 11.1 Å². The Balaban J connectivity index is 1.74. The van der Waals surface area contributed by atoms with Crippen molar-refractivity contribution < 1.29 is 0 Å². The average Bonchev–Trinajstić information content (AvgIpc) is 2.55. The second-order valence-corrected chi connectivity index (χ2v) is 6.06. The van der Waals surface area contributed by atoms with E-state index >= 15 is 0 Å². The molecule has 1 saturated heterocycles. The number of nitrogens with zero attached hydrogens (tertiary/aromatic N) is 1. The molecular formula is C19H24N2. The SMILES string of the molecule is CC(c1ccc(-c2ccccc2)cc1)N1CCCC(N)C1. The van der Waals surface area contributed by atoms with Crippen LogP contribution in [0.2, 0.25) is 0 Å². The summed E-state index contributed by atoms with van der Waals surface area (Å²) in [6.07, 6.45) is 2.38. The van der Waals surface area contributed by atoms with E-state index in [0.29, 0.717) is 12.1 Å². The molecule has 21 heavy (non-hydrogen) atoms. The lowest BCUT2D eigenvalue weighted by Gasteiger charge is -2.35. The van der Waals surface area contributed by atoms with Gasteiger partial charge in [-0.25, -0.2) is 0 Å². The summed E-state index contributed by atoms with van der Waals surface area (Å²) in [6, 6.07) is 20.3. The molecule has 1 aliphatic rings. The molecule has 2 nitrogen and oxygen atoms in total. The Kier molecular flexibility index (Phi) is 4.37. The lowest BCUT2D eigenvalue weighted by molar-refractivity contribution is 0.159. The van der Waals surface area contributed by atoms with E-state index in [1.54, 1.807) is 0 Å². The van der Waals surface area contributed by atoms with Crippen LogP contribution in [0.3, 0.4) is 0 Å². The van der Waals surface area contributed by atoms with Crippen LogP contribution in [0.4, 0.5) is 0 Å². The van der Waals surface area contributed by atoms with Gasteiger partial charge in [-0.2, -0.15) is 0 Å². The third-order valence-electron chi connectivity index (χ3n) is 4.54. The predicted molar refractivity (Wildman–Crippen MR) is 89.1 cm³/mol. The number of hydrogen-bond acceptors (Lipinski definition) is 2. The third-order valence-corrected chi connectivity index (χ3v) is 4.54. The average molecular weight is 280 g/mol. The fourth-order valence-electron chi connectivity index (χ4n) is 3.19. The molecule has 0 saturated carbocycles. The van der Waals surface area contributed by atoms with Gasteiger partial charge in [-0.1, -0.05) is 54.6 Å². The van der Waals surface area contributed by atoms with E-state index in [1.807, 2.05) is 0 Å². The standard InChI is InChI=1S/C19H24N2/c1-15(21-13-5-8-19(20)14-21)16-9-11-18(12-10-16)17-6-3-2-4-7-17/h2-4,6-7,9-12,15,19H,5,8,13-14,20H2,1H3. The van der Waals surface area contributed by atoms with E-state index in [2.05, 4.69) is 66.4 Å². The van der Waals surface area contributed by atoms with Crippen molar-refractivity contribution in [3.63, 3.8) is 0 Å². The van der Waals surface area contributed by atoms with Gasteiger partial charge in [0.2, 0.25) is 0 Å². The fourth-order valence-corrected chi connectivity index (χ4v) is 3.19. The number of benzene rings is 2. The van der Waals surface area contributed by atoms with Crippen LogP contribution in [-0.2, 0) is 0 Å². The quantitative estimate of drug-likeness (QED) is 0.925. The topological polar surface area (TPSA) is 29.3 Å². The Morgan fingerprint density at radius 2 is 1.67 bits per heavy atom. The fraction of sp³-hybridized carbons (Fsp3) is 0.368. The molecule has 2 heteroatoms. The summed E-state index contributed by atoms with van der Waals surface area (Å²) in [6.45, 7) is 4.46. The second-order valence-electron chi connectivity index (χ2n) is 6.06. The largest absolute Gasteiger partial charge is 0.327 e. The first kappa shape index (κ1) is 14.3. The van der Waals surface area contributed by atoms with Gasteiger partial charge in [0, 0.05) is 18.6 Å². The van der Waals surface area contributed by atoms with Crippen LogP contribution in [0.15, 0.2) is 54.6 Å². The molecule has 2 unspecified atom stereocenters. The van der Waals surface area contributed by atoms with Gasteiger partial charge in [0.05, 0.1) is 0 Å². The van der Waals surface area contributed by atoms with Gasteiger partial charge in [-0.15, -0.1) is 0 Å². The highest BCUT2D eigenvalue weighted by molar-refractivity contribution is 5.63. The number of piperidine rings is 1. The summed E-state index contributed by atoms with van der Waals surface area (Å²) < 4.78 is 0. The second kappa shape index (κ2) is 6.42. The molecule has 110 valence electrons. The third kappa shape index (κ3) is 3.34. The van der Waals surface area contributed by atoms with Gasteiger partial charge in [-0.05, 0) is 43.0 Å². The Bertz CT molecular complexity index is 562. The number of hydrogen-bond donors (Lipinski definition) is 1. The zero-order valence-electron chi connectivity index (χ0n) is 12.7. The van der Waals surface area contributed by atoms with E-state index in [4.69, 9.17) is 5.73 Å². The van der Waals surface area contributed by atoms with Crippen molar-refractivity contribution in [1.82, 2.24) is 4.90 Å². The molecule has 2 atom stereocenters. The first-order chi connectivity index (χ1) is 10.2. The van der Waals surface area contributed by atoms with Crippen LogP contribution in [0.5, 0.6) is 0 Å². The van der Waals surface area contributed by atoms with Crippen molar-refractivity contribution in [2.24, 2.45) is 5.73 Å². The lowest BCUT2D eigenvalue weighted by atomic mass is 9.98. The predicted octanol–water partition coefficient (Wildman–Crippen LogP) is 3.84. The molecule has 1 fully saturated rings. The molecule has 0 aromatic heterocycles. The number of nitrogens with two attached hydrogens (primary N) is 1. The highest BCUT2D eigenvalue weighted by atomic mass is 15.2. The molecule has 2 aromatic carbocycles. The minimum Gasteiger partial charge on any atom is -0.327 e. The van der Waals surface area contributed by atoms with Crippen LogP contribution in [0, 0.1) is 0 Å². The van der Waals surface area contributed by atoms with E-state index < -0.39 is 0 Å². The van der Waals surface area contributed by atoms with Crippen molar-refractivity contribution in [2.45, 2.75) is 31.8 Å². The normalized spacial score (nSPS) is 21.1. The van der Waals surface area contributed by atoms with Crippen LogP contribution in [-0.4, -0.2) is 24.0 Å². The van der Waals surface area contributed by atoms with E-state index in [0.717, 1.165) is 19.5 Å². The molecular weight excluding hydrogens is 256 g/mol. The molecule has 1 heterocycles. The first-order valence-electron chi connectivity index (χ1n) is 7.89. The molecule has 0 bridgehead atoms. The van der Waals surface area contributed by atoms with E-state index in [1.165, 1.54) is 23.1 Å². The Hall–Kier alpha value is -1.64. The first-order valence-corrected chi connectivity index (χ1v) is 7.89. The Morgan fingerprint density at radius 1 is 1.00 bits per heavy atom. The summed E-state index contributed by atoms with van der Waals surface area (Å²) in [5.74, 6) is 0. The van der Waals surface area contributed by atoms with Crippen LogP contribution in [0.1, 0.15) is 31.4 Å². The zero-order chi connectivity index (χ0) is 14.7. The smallest absolute Gasteiger partial charge is 0.0320 e. The maximum Gasteiger partial charge on any atom is 0.0320 e. The highest BCUT2D eigenvalue weighted by Crippen LogP contribution is 2.26. The minimum atomic E-state index is 0.338. The van der Waals surface area contributed by atoms with Gasteiger partial charge in [-0.3, -0.25) is 4.90 Å². The Morgan fingerprint density at radius 3 is 2.33 bits per heavy atom. The van der Waals surface area contributed by atoms with Gasteiger partial charge in [0.15, 0.2) is 0 Å². The minimum absolute atomic E-state index is 0.338. The van der Waals surface area contributed by atoms with Gasteiger partial charge >= 0.3 is 0 Å². The van der Waals surface area contributed by atoms with E-state index in [-0.39, 0.29) is 0 Å². The van der Waals surface area contributed by atoms with Crippen molar-refractivity contribution >= 4 is 0 Å². The van der Waals surface area contributed by atoms with Gasteiger partial charge in [0.25, 0.3) is 0 Å². The molecule has 0 aliphatic carbocycles. The summed E-state index contributed by atoms with van der Waals surface area (Å²) in [5.41, 5.74) is 10.0. The van der Waals surface area contributed by atoms with Gasteiger partial charge < -0.3 is 5.73 Å². The van der Waals surface area contributed by atoms with Crippen LogP contribution in [0.25, 0.3) is 11.1 Å². The molecule has 2 aromatic rings.